The normalized spacial score (nSPS) is 18.0. The fraction of sp³-hybridized carbons (Fsp3) is 0.727. The van der Waals surface area contributed by atoms with Crippen molar-refractivity contribution in [2.75, 3.05) is 13.2 Å². The summed E-state index contributed by atoms with van der Waals surface area (Å²) in [4.78, 5) is 32.9. The van der Waals surface area contributed by atoms with Gasteiger partial charge < -0.3 is 20.3 Å². The van der Waals surface area contributed by atoms with Crippen LogP contribution >= 0.6 is 0 Å². The molecule has 0 spiro atoms. The Kier molecular flexibility index (Phi) is 5.08. The number of ether oxygens (including phenoxy) is 1. The van der Waals surface area contributed by atoms with Crippen molar-refractivity contribution in [1.29, 1.82) is 0 Å². The van der Waals surface area contributed by atoms with Gasteiger partial charge in [0.05, 0.1) is 0 Å². The van der Waals surface area contributed by atoms with Gasteiger partial charge in [-0.1, -0.05) is 19.3 Å². The van der Waals surface area contributed by atoms with Crippen LogP contribution in [0.15, 0.2) is 0 Å². The van der Waals surface area contributed by atoms with Crippen LogP contribution in [0.5, 0.6) is 0 Å². The maximum absolute atomic E-state index is 11.5. The number of carbonyl (C=O) groups is 3. The van der Waals surface area contributed by atoms with Crippen molar-refractivity contribution in [2.45, 2.75) is 37.6 Å². The minimum atomic E-state index is -1.22. The molecule has 1 rings (SSSR count). The second kappa shape index (κ2) is 6.34. The first-order valence-electron chi connectivity index (χ1n) is 5.80. The van der Waals surface area contributed by atoms with Gasteiger partial charge in [0, 0.05) is 0 Å². The van der Waals surface area contributed by atoms with Crippen molar-refractivity contribution in [3.8, 4) is 0 Å². The number of hydrogen-bond donors (Lipinski definition) is 3. The van der Waals surface area contributed by atoms with Gasteiger partial charge >= 0.3 is 11.9 Å². The molecule has 102 valence electrons. The van der Waals surface area contributed by atoms with E-state index < -0.39 is 36.6 Å². The first kappa shape index (κ1) is 14.4. The average molecular weight is 259 g/mol. The summed E-state index contributed by atoms with van der Waals surface area (Å²) >= 11 is 0. The van der Waals surface area contributed by atoms with E-state index in [2.05, 4.69) is 10.1 Å². The average Bonchev–Trinajstić information content (AvgIpc) is 2.29. The molecule has 1 fully saturated rings. The molecule has 0 aromatic rings. The van der Waals surface area contributed by atoms with E-state index in [1.165, 1.54) is 0 Å². The molecule has 1 amide bonds. The Morgan fingerprint density at radius 2 is 1.67 bits per heavy atom. The summed E-state index contributed by atoms with van der Waals surface area (Å²) in [5.41, 5.74) is -1.22. The molecule has 0 aromatic carbocycles. The second-order valence-corrected chi connectivity index (χ2v) is 4.38. The van der Waals surface area contributed by atoms with Crippen molar-refractivity contribution >= 4 is 17.8 Å². The topological polar surface area (TPSA) is 113 Å². The highest BCUT2D eigenvalue weighted by Gasteiger charge is 2.40. The maximum Gasteiger partial charge on any atom is 0.329 e. The van der Waals surface area contributed by atoms with Crippen LogP contribution in [0.1, 0.15) is 32.1 Å². The molecule has 0 radical (unpaired) electrons. The molecule has 0 heterocycles. The fourth-order valence-electron chi connectivity index (χ4n) is 2.08. The van der Waals surface area contributed by atoms with Gasteiger partial charge in [0.25, 0.3) is 0 Å². The van der Waals surface area contributed by atoms with Gasteiger partial charge in [0.1, 0.15) is 18.8 Å². The van der Waals surface area contributed by atoms with Crippen molar-refractivity contribution in [3.63, 3.8) is 0 Å². The summed E-state index contributed by atoms with van der Waals surface area (Å²) in [5.74, 6) is -2.82. The predicted molar refractivity (Wildman–Crippen MR) is 60.0 cm³/mol. The molecule has 0 unspecified atom stereocenters. The molecule has 7 heteroatoms. The van der Waals surface area contributed by atoms with Crippen molar-refractivity contribution in [2.24, 2.45) is 0 Å². The van der Waals surface area contributed by atoms with Crippen LogP contribution in [-0.2, 0) is 19.1 Å². The van der Waals surface area contributed by atoms with E-state index in [0.29, 0.717) is 12.8 Å². The summed E-state index contributed by atoms with van der Waals surface area (Å²) in [6.45, 7) is -1.02. The zero-order valence-electron chi connectivity index (χ0n) is 9.98. The second-order valence-electron chi connectivity index (χ2n) is 4.38. The van der Waals surface area contributed by atoms with Gasteiger partial charge in [0.2, 0.25) is 5.91 Å². The maximum atomic E-state index is 11.5. The first-order chi connectivity index (χ1) is 8.46. The molecule has 0 atom stereocenters. The Morgan fingerprint density at radius 3 is 2.17 bits per heavy atom. The van der Waals surface area contributed by atoms with Gasteiger partial charge in [0.15, 0.2) is 0 Å². The molecule has 3 N–H and O–H groups in total. The number of carboxylic acid groups (broad SMARTS) is 2. The molecule has 0 bridgehead atoms. The van der Waals surface area contributed by atoms with Crippen molar-refractivity contribution in [1.82, 2.24) is 5.32 Å². The third-order valence-electron chi connectivity index (χ3n) is 2.95. The number of aliphatic carboxylic acids is 2. The number of nitrogens with one attached hydrogen (secondary N) is 1. The minimum Gasteiger partial charge on any atom is -0.480 e. The lowest BCUT2D eigenvalue weighted by molar-refractivity contribution is -0.151. The monoisotopic (exact) mass is 259 g/mol. The molecule has 7 nitrogen and oxygen atoms in total. The van der Waals surface area contributed by atoms with Crippen molar-refractivity contribution in [3.05, 3.63) is 0 Å². The molecular formula is C11H17NO6. The molecule has 1 aliphatic rings. The number of carbonyl (C=O) groups excluding carboxylic acids is 1. The lowest BCUT2D eigenvalue weighted by Gasteiger charge is -2.33. The molecule has 18 heavy (non-hydrogen) atoms. The summed E-state index contributed by atoms with van der Waals surface area (Å²) < 4.78 is 4.62. The quantitative estimate of drug-likeness (QED) is 0.618. The fourth-order valence-corrected chi connectivity index (χ4v) is 2.08. The SMILES string of the molecule is O=C(O)COCC(=O)NC1(C(=O)O)CCCCC1. The standard InChI is InChI=1S/C11H17NO6/c13-8(6-18-7-9(14)15)12-11(10(16)17)4-2-1-3-5-11/h1-7H2,(H,12,13)(H,14,15)(H,16,17). The van der Waals surface area contributed by atoms with E-state index in [1.807, 2.05) is 0 Å². The van der Waals surface area contributed by atoms with E-state index in [9.17, 15) is 19.5 Å². The van der Waals surface area contributed by atoms with E-state index >= 15 is 0 Å². The van der Waals surface area contributed by atoms with E-state index in [0.717, 1.165) is 19.3 Å². The van der Waals surface area contributed by atoms with Gasteiger partial charge in [-0.15, -0.1) is 0 Å². The van der Waals surface area contributed by atoms with Crippen LogP contribution in [-0.4, -0.2) is 46.8 Å². The number of rotatable bonds is 6. The Labute approximate surface area is 104 Å². The van der Waals surface area contributed by atoms with Gasteiger partial charge in [-0.05, 0) is 12.8 Å². The minimum absolute atomic E-state index is 0.396. The van der Waals surface area contributed by atoms with Crippen LogP contribution in [0, 0.1) is 0 Å². The highest BCUT2D eigenvalue weighted by atomic mass is 16.5. The predicted octanol–water partition coefficient (Wildman–Crippen LogP) is -0.00870. The highest BCUT2D eigenvalue weighted by molar-refractivity contribution is 5.87. The Morgan fingerprint density at radius 1 is 1.06 bits per heavy atom. The summed E-state index contributed by atoms with van der Waals surface area (Å²) in [7, 11) is 0. The Bertz CT molecular complexity index is 334. The Hall–Kier alpha value is -1.63. The first-order valence-corrected chi connectivity index (χ1v) is 5.80. The zero-order valence-corrected chi connectivity index (χ0v) is 9.98. The number of amides is 1. The lowest BCUT2D eigenvalue weighted by atomic mass is 9.81. The van der Waals surface area contributed by atoms with E-state index in [1.54, 1.807) is 0 Å². The largest absolute Gasteiger partial charge is 0.480 e. The summed E-state index contributed by atoms with van der Waals surface area (Å²) in [6, 6.07) is 0. The van der Waals surface area contributed by atoms with Crippen LogP contribution in [0.3, 0.4) is 0 Å². The molecule has 0 saturated heterocycles. The van der Waals surface area contributed by atoms with E-state index in [4.69, 9.17) is 5.11 Å². The van der Waals surface area contributed by atoms with Gasteiger partial charge in [-0.25, -0.2) is 9.59 Å². The summed E-state index contributed by atoms with van der Waals surface area (Å²) in [6.07, 6.45) is 3.26. The Balaban J connectivity index is 2.48. The van der Waals surface area contributed by atoms with Crippen LogP contribution in [0.2, 0.25) is 0 Å². The zero-order chi connectivity index (χ0) is 13.6. The van der Waals surface area contributed by atoms with Crippen LogP contribution < -0.4 is 5.32 Å². The van der Waals surface area contributed by atoms with Crippen LogP contribution in [0.4, 0.5) is 0 Å². The van der Waals surface area contributed by atoms with Gasteiger partial charge in [-0.3, -0.25) is 4.79 Å². The third-order valence-corrected chi connectivity index (χ3v) is 2.95. The molecular weight excluding hydrogens is 242 g/mol. The number of hydrogen-bond acceptors (Lipinski definition) is 4. The summed E-state index contributed by atoms with van der Waals surface area (Å²) in [5, 5.41) is 20.0. The third kappa shape index (κ3) is 3.99. The lowest BCUT2D eigenvalue weighted by Crippen LogP contribution is -2.56. The highest BCUT2D eigenvalue weighted by Crippen LogP contribution is 2.28. The molecule has 0 aromatic heterocycles. The molecule has 0 aliphatic heterocycles. The van der Waals surface area contributed by atoms with Crippen molar-refractivity contribution < 1.29 is 29.3 Å². The molecule has 1 saturated carbocycles. The van der Waals surface area contributed by atoms with Gasteiger partial charge in [-0.2, -0.15) is 0 Å². The molecule has 1 aliphatic carbocycles. The van der Waals surface area contributed by atoms with E-state index in [-0.39, 0.29) is 0 Å². The number of carboxylic acids is 2. The smallest absolute Gasteiger partial charge is 0.329 e. The van der Waals surface area contributed by atoms with Crippen LogP contribution in [0.25, 0.3) is 0 Å².